The van der Waals surface area contributed by atoms with Crippen LogP contribution < -0.4 is 9.80 Å². The van der Waals surface area contributed by atoms with E-state index in [0.29, 0.717) is 11.1 Å². The summed E-state index contributed by atoms with van der Waals surface area (Å²) in [5, 5.41) is 12.5. The minimum atomic E-state index is -5.02. The first-order valence-corrected chi connectivity index (χ1v) is 14.7. The lowest BCUT2D eigenvalue weighted by atomic mass is 10.1. The number of sulfonamides is 1. The van der Waals surface area contributed by atoms with Gasteiger partial charge in [0.15, 0.2) is 0 Å². The first-order valence-electron chi connectivity index (χ1n) is 10.7. The minimum Gasteiger partial charge on any atom is -0.369 e. The van der Waals surface area contributed by atoms with E-state index in [2.05, 4.69) is 31.9 Å². The third-order valence-electron chi connectivity index (χ3n) is 5.63. The van der Waals surface area contributed by atoms with Crippen LogP contribution >= 0.6 is 43.5 Å². The molecule has 0 amide bonds. The number of rotatable bonds is 9. The van der Waals surface area contributed by atoms with Gasteiger partial charge in [-0.25, -0.2) is 8.42 Å². The summed E-state index contributed by atoms with van der Waals surface area (Å²) >= 11 is 12.4. The van der Waals surface area contributed by atoms with Crippen LogP contribution in [0.4, 0.5) is 30.2 Å². The average Bonchev–Trinajstić information content (AvgIpc) is 2.82. The molecule has 3 rings (SSSR count). The Morgan fingerprint density at radius 3 is 2.17 bits per heavy atom. The van der Waals surface area contributed by atoms with Crippen molar-refractivity contribution in [3.8, 4) is 0 Å². The molecule has 0 saturated carbocycles. The first kappa shape index (κ1) is 29.0. The van der Waals surface area contributed by atoms with Crippen LogP contribution in [0.25, 0.3) is 0 Å². The highest BCUT2D eigenvalue weighted by Crippen LogP contribution is 2.44. The average molecular weight is 679 g/mol. The summed E-state index contributed by atoms with van der Waals surface area (Å²) in [7, 11) is -4.52. The largest absolute Gasteiger partial charge is 0.418 e. The molecule has 8 nitrogen and oxygen atoms in total. The molecular formula is C21H22Br2ClF3N4O4S. The topological polar surface area (TPSA) is 87.0 Å². The number of nitro groups is 1. The number of halogens is 6. The second-order valence-electron chi connectivity index (χ2n) is 7.83. The van der Waals surface area contributed by atoms with Crippen LogP contribution in [0.15, 0.2) is 41.3 Å². The maximum Gasteiger partial charge on any atom is 0.418 e. The van der Waals surface area contributed by atoms with Crippen LogP contribution in [0, 0.1) is 10.1 Å². The normalized spacial score (nSPS) is 15.2. The Hall–Kier alpha value is -1.61. The number of anilines is 2. The van der Waals surface area contributed by atoms with E-state index < -0.39 is 43.0 Å². The highest BCUT2D eigenvalue weighted by Gasteiger charge is 2.42. The van der Waals surface area contributed by atoms with Gasteiger partial charge in [0, 0.05) is 72.8 Å². The van der Waals surface area contributed by atoms with Crippen molar-refractivity contribution < 1.29 is 26.5 Å². The van der Waals surface area contributed by atoms with Crippen molar-refractivity contribution in [2.75, 3.05) is 59.7 Å². The van der Waals surface area contributed by atoms with Gasteiger partial charge in [0.2, 0.25) is 10.0 Å². The van der Waals surface area contributed by atoms with E-state index in [1.165, 1.54) is 4.90 Å². The molecule has 1 fully saturated rings. The van der Waals surface area contributed by atoms with E-state index in [1.54, 1.807) is 18.2 Å². The fraction of sp³-hybridized carbons (Fsp3) is 0.429. The van der Waals surface area contributed by atoms with Gasteiger partial charge in [-0.1, -0.05) is 49.5 Å². The summed E-state index contributed by atoms with van der Waals surface area (Å²) in [6, 6.07) is 8.14. The fourth-order valence-corrected chi connectivity index (χ4v) is 6.69. The molecule has 0 aliphatic carbocycles. The van der Waals surface area contributed by atoms with Crippen molar-refractivity contribution in [3.05, 3.63) is 57.1 Å². The number of benzene rings is 2. The van der Waals surface area contributed by atoms with Crippen molar-refractivity contribution >= 4 is 70.5 Å². The zero-order valence-corrected chi connectivity index (χ0v) is 23.5. The van der Waals surface area contributed by atoms with Crippen molar-refractivity contribution in [2.24, 2.45) is 0 Å². The Balaban J connectivity index is 2.09. The van der Waals surface area contributed by atoms with Gasteiger partial charge in [0.05, 0.1) is 16.2 Å². The summed E-state index contributed by atoms with van der Waals surface area (Å²) in [6.45, 7) is 0.602. The lowest BCUT2D eigenvalue weighted by Crippen LogP contribution is -2.49. The van der Waals surface area contributed by atoms with E-state index >= 15 is 0 Å². The van der Waals surface area contributed by atoms with Gasteiger partial charge in [-0.3, -0.25) is 10.1 Å². The van der Waals surface area contributed by atoms with Gasteiger partial charge in [-0.2, -0.15) is 17.5 Å². The molecule has 1 saturated heterocycles. The van der Waals surface area contributed by atoms with Crippen molar-refractivity contribution in [1.29, 1.82) is 0 Å². The number of nitrogens with zero attached hydrogens (tertiary/aromatic N) is 4. The SMILES string of the molecule is O=[N+]([O-])c1cc(C(F)(F)F)c(N(CCBr)CCBr)c(S(=O)(=O)N2CCN(c3cccc(Cl)c3)CC2)c1. The van der Waals surface area contributed by atoms with Gasteiger partial charge < -0.3 is 9.80 Å². The van der Waals surface area contributed by atoms with E-state index in [-0.39, 0.29) is 49.9 Å². The molecule has 0 unspecified atom stereocenters. The molecule has 1 heterocycles. The van der Waals surface area contributed by atoms with Crippen LogP contribution in [-0.2, 0) is 16.2 Å². The van der Waals surface area contributed by atoms with Crippen LogP contribution in [-0.4, -0.2) is 67.6 Å². The summed E-state index contributed by atoms with van der Waals surface area (Å²) in [6.07, 6.45) is -5.02. The number of nitro benzene ring substituents is 1. The molecule has 0 radical (unpaired) electrons. The molecule has 0 aromatic heterocycles. The number of hydrogen-bond donors (Lipinski definition) is 0. The molecule has 0 atom stereocenters. The molecule has 2 aromatic carbocycles. The third kappa shape index (κ3) is 6.44. The van der Waals surface area contributed by atoms with E-state index in [4.69, 9.17) is 11.6 Å². The van der Waals surface area contributed by atoms with E-state index in [1.807, 2.05) is 11.0 Å². The number of piperazine rings is 1. The third-order valence-corrected chi connectivity index (χ3v) is 8.49. The molecule has 0 bridgehead atoms. The van der Waals surface area contributed by atoms with Crippen molar-refractivity contribution in [1.82, 2.24) is 4.31 Å². The molecule has 36 heavy (non-hydrogen) atoms. The summed E-state index contributed by atoms with van der Waals surface area (Å²) in [4.78, 5) is 12.9. The number of non-ortho nitro benzene ring substituents is 1. The van der Waals surface area contributed by atoms with Crippen molar-refractivity contribution in [2.45, 2.75) is 11.1 Å². The monoisotopic (exact) mass is 676 g/mol. The molecule has 1 aliphatic rings. The first-order chi connectivity index (χ1) is 16.9. The van der Waals surface area contributed by atoms with E-state index in [9.17, 15) is 31.7 Å². The van der Waals surface area contributed by atoms with Crippen molar-refractivity contribution in [3.63, 3.8) is 0 Å². The second-order valence-corrected chi connectivity index (χ2v) is 11.8. The number of hydrogen-bond acceptors (Lipinski definition) is 6. The van der Waals surface area contributed by atoms with Gasteiger partial charge in [-0.15, -0.1) is 0 Å². The quantitative estimate of drug-likeness (QED) is 0.201. The van der Waals surface area contributed by atoms with Gasteiger partial charge in [0.1, 0.15) is 4.90 Å². The van der Waals surface area contributed by atoms with Crippen LogP contribution in [0.1, 0.15) is 5.56 Å². The zero-order chi connectivity index (χ0) is 26.7. The second kappa shape index (κ2) is 11.8. The highest BCUT2D eigenvalue weighted by atomic mass is 79.9. The molecule has 2 aromatic rings. The Kier molecular flexibility index (Phi) is 9.52. The molecule has 0 N–H and O–H groups in total. The lowest BCUT2D eigenvalue weighted by molar-refractivity contribution is -0.385. The maximum atomic E-state index is 14.1. The Morgan fingerprint density at radius 1 is 1.06 bits per heavy atom. The summed E-state index contributed by atoms with van der Waals surface area (Å²) < 4.78 is 70.9. The Labute approximate surface area is 228 Å². The standard InChI is InChI=1S/C21H22Br2ClF3N4O4S/c22-4-6-29(7-5-23)20-18(21(25,26)27)13-17(31(32)33)14-19(20)36(34,35)30-10-8-28(9-11-30)16-3-1-2-15(24)12-16/h1-3,12-14H,4-11H2. The predicted molar refractivity (Wildman–Crippen MR) is 140 cm³/mol. The van der Waals surface area contributed by atoms with Gasteiger partial charge in [0.25, 0.3) is 5.69 Å². The molecule has 1 aliphatic heterocycles. The minimum absolute atomic E-state index is 0.0186. The lowest BCUT2D eigenvalue weighted by Gasteiger charge is -2.36. The number of alkyl halides is 5. The molecular weight excluding hydrogens is 657 g/mol. The van der Waals surface area contributed by atoms with Gasteiger partial charge >= 0.3 is 6.18 Å². The molecule has 0 spiro atoms. The van der Waals surface area contributed by atoms with Crippen LogP contribution in [0.3, 0.4) is 0 Å². The summed E-state index contributed by atoms with van der Waals surface area (Å²) in [5.74, 6) is 0. The fourth-order valence-electron chi connectivity index (χ4n) is 3.98. The Bertz CT molecular complexity index is 1210. The van der Waals surface area contributed by atoms with E-state index in [0.717, 1.165) is 16.1 Å². The van der Waals surface area contributed by atoms with Gasteiger partial charge in [-0.05, 0) is 18.2 Å². The summed E-state index contributed by atoms with van der Waals surface area (Å²) in [5.41, 5.74) is -2.12. The smallest absolute Gasteiger partial charge is 0.369 e. The highest BCUT2D eigenvalue weighted by molar-refractivity contribution is 9.09. The maximum absolute atomic E-state index is 14.1. The Morgan fingerprint density at radius 2 is 1.67 bits per heavy atom. The molecule has 198 valence electrons. The zero-order valence-electron chi connectivity index (χ0n) is 18.7. The predicted octanol–water partition coefficient (Wildman–Crippen LogP) is 5.37. The molecule has 15 heteroatoms. The van der Waals surface area contributed by atoms with Crippen LogP contribution in [0.2, 0.25) is 5.02 Å². The van der Waals surface area contributed by atoms with Crippen LogP contribution in [0.5, 0.6) is 0 Å².